The zero-order valence-corrected chi connectivity index (χ0v) is 22.0. The lowest BCUT2D eigenvalue weighted by Gasteiger charge is -2.35. The predicted octanol–water partition coefficient (Wildman–Crippen LogP) is 7.22. The van der Waals surface area contributed by atoms with Crippen molar-refractivity contribution in [2.75, 3.05) is 20.2 Å². The van der Waals surface area contributed by atoms with E-state index in [1.165, 1.54) is 19.2 Å². The van der Waals surface area contributed by atoms with Crippen LogP contribution in [0.25, 0.3) is 16.6 Å². The van der Waals surface area contributed by atoms with Crippen molar-refractivity contribution >= 4 is 45.8 Å². The van der Waals surface area contributed by atoms with Gasteiger partial charge in [-0.2, -0.15) is 0 Å². The molecule has 0 atom stereocenters. The van der Waals surface area contributed by atoms with Gasteiger partial charge in [-0.05, 0) is 54.7 Å². The minimum absolute atomic E-state index is 0.194. The highest BCUT2D eigenvalue weighted by molar-refractivity contribution is 6.37. The van der Waals surface area contributed by atoms with Crippen molar-refractivity contribution in [1.82, 2.24) is 9.47 Å². The summed E-state index contributed by atoms with van der Waals surface area (Å²) in [6, 6.07) is 9.76. The lowest BCUT2D eigenvalue weighted by molar-refractivity contribution is -0.274. The number of aromatic nitrogens is 1. The molecule has 1 aromatic heterocycles. The summed E-state index contributed by atoms with van der Waals surface area (Å²) in [5, 5.41) is 1.75. The maximum atomic E-state index is 12.7. The van der Waals surface area contributed by atoms with Crippen LogP contribution in [0.15, 0.2) is 43.0 Å². The number of carbonyl (C=O) groups is 1. The van der Waals surface area contributed by atoms with Gasteiger partial charge < -0.3 is 18.9 Å². The molecule has 0 bridgehead atoms. The number of hydrogen-bond donors (Lipinski definition) is 0. The molecule has 10 heteroatoms. The molecule has 0 spiro atoms. The van der Waals surface area contributed by atoms with Crippen molar-refractivity contribution in [3.8, 4) is 5.75 Å². The van der Waals surface area contributed by atoms with E-state index in [4.69, 9.17) is 27.9 Å². The van der Waals surface area contributed by atoms with E-state index in [0.29, 0.717) is 34.0 Å². The largest absolute Gasteiger partial charge is 0.573 e. The van der Waals surface area contributed by atoms with Crippen molar-refractivity contribution in [3.05, 3.63) is 69.8 Å². The summed E-state index contributed by atoms with van der Waals surface area (Å²) in [7, 11) is 3.18. The molecule has 0 unspecified atom stereocenters. The number of alkyl halides is 3. The van der Waals surface area contributed by atoms with Crippen LogP contribution in [0.1, 0.15) is 36.1 Å². The van der Waals surface area contributed by atoms with Crippen molar-refractivity contribution in [2.24, 2.45) is 13.0 Å². The van der Waals surface area contributed by atoms with Gasteiger partial charge in [0.2, 0.25) is 0 Å². The summed E-state index contributed by atoms with van der Waals surface area (Å²) < 4.78 is 48.6. The molecule has 2 heterocycles. The molecule has 0 radical (unpaired) electrons. The van der Waals surface area contributed by atoms with Crippen LogP contribution in [0, 0.1) is 5.92 Å². The van der Waals surface area contributed by atoms with Gasteiger partial charge in [0, 0.05) is 66.4 Å². The highest BCUT2D eigenvalue weighted by Crippen LogP contribution is 2.37. The number of methoxy groups -OCH3 is 1. The molecule has 2 aromatic carbocycles. The van der Waals surface area contributed by atoms with Gasteiger partial charge in [0.05, 0.1) is 17.6 Å². The summed E-state index contributed by atoms with van der Waals surface area (Å²) in [4.78, 5) is 13.8. The van der Waals surface area contributed by atoms with Gasteiger partial charge in [-0.1, -0.05) is 29.8 Å². The minimum atomic E-state index is -4.76. The molecule has 0 amide bonds. The molecule has 0 aliphatic carbocycles. The number of fused-ring (bicyclic) bond motifs is 1. The zero-order chi connectivity index (χ0) is 26.9. The van der Waals surface area contributed by atoms with E-state index < -0.39 is 6.36 Å². The SMILES string of the molecule is C=C(c1ccc(Cl)c(Cc2cc3ccc(OC(F)(F)F)cc3n2C)c1Cl)N1CCC(CC(=O)OC)CC1. The van der Waals surface area contributed by atoms with Gasteiger partial charge >= 0.3 is 12.3 Å². The first-order valence-corrected chi connectivity index (χ1v) is 12.5. The molecule has 198 valence electrons. The fourth-order valence-electron chi connectivity index (χ4n) is 4.79. The van der Waals surface area contributed by atoms with Gasteiger partial charge in [0.25, 0.3) is 0 Å². The van der Waals surface area contributed by atoms with E-state index in [0.717, 1.165) is 48.3 Å². The molecular weight excluding hydrogens is 528 g/mol. The van der Waals surface area contributed by atoms with Gasteiger partial charge in [-0.25, -0.2) is 0 Å². The number of nitrogens with zero attached hydrogens (tertiary/aromatic N) is 2. The lowest BCUT2D eigenvalue weighted by Crippen LogP contribution is -2.33. The number of benzene rings is 2. The molecule has 1 fully saturated rings. The summed E-state index contributed by atoms with van der Waals surface area (Å²) in [6.07, 6.45) is -2.27. The number of rotatable bonds is 7. The van der Waals surface area contributed by atoms with Crippen LogP contribution in [-0.4, -0.2) is 42.0 Å². The molecular formula is C27H27Cl2F3N2O3. The van der Waals surface area contributed by atoms with Gasteiger partial charge in [0.15, 0.2) is 0 Å². The number of aryl methyl sites for hydroxylation is 1. The van der Waals surface area contributed by atoms with Crippen LogP contribution in [0.3, 0.4) is 0 Å². The smallest absolute Gasteiger partial charge is 0.469 e. The number of esters is 1. The molecule has 0 saturated carbocycles. The van der Waals surface area contributed by atoms with E-state index in [-0.39, 0.29) is 17.6 Å². The Morgan fingerprint density at radius 1 is 1.14 bits per heavy atom. The van der Waals surface area contributed by atoms with E-state index >= 15 is 0 Å². The Kier molecular flexibility index (Phi) is 7.99. The van der Waals surface area contributed by atoms with E-state index in [1.54, 1.807) is 23.7 Å². The second kappa shape index (κ2) is 10.9. The average molecular weight is 555 g/mol. The Bertz CT molecular complexity index is 1330. The van der Waals surface area contributed by atoms with Crippen LogP contribution < -0.4 is 4.74 Å². The molecule has 37 heavy (non-hydrogen) atoms. The normalized spacial score (nSPS) is 14.7. The minimum Gasteiger partial charge on any atom is -0.469 e. The molecule has 3 aromatic rings. The zero-order valence-electron chi connectivity index (χ0n) is 20.5. The maximum absolute atomic E-state index is 12.7. The Morgan fingerprint density at radius 3 is 2.49 bits per heavy atom. The van der Waals surface area contributed by atoms with Crippen LogP contribution >= 0.6 is 23.2 Å². The molecule has 1 aliphatic heterocycles. The lowest BCUT2D eigenvalue weighted by atomic mass is 9.92. The Labute approximate surface area is 223 Å². The highest BCUT2D eigenvalue weighted by Gasteiger charge is 2.31. The molecule has 1 aliphatic rings. The Morgan fingerprint density at radius 2 is 1.84 bits per heavy atom. The summed E-state index contributed by atoms with van der Waals surface area (Å²) >= 11 is 13.4. The standard InChI is InChI=1S/C27H27Cl2F3N2O3/c1-16(34-10-8-17(9-11-34)12-25(35)36-3)21-6-7-23(28)22(26(21)29)14-19-13-18-4-5-20(37-27(30,31)32)15-24(18)33(19)2/h4-7,13,15,17H,1,8-12,14H2,2-3H3. The van der Waals surface area contributed by atoms with Gasteiger partial charge in [-0.3, -0.25) is 4.79 Å². The number of piperidine rings is 1. The summed E-state index contributed by atoms with van der Waals surface area (Å²) in [5.41, 5.74) is 3.69. The quantitative estimate of drug-likeness (QED) is 0.289. The van der Waals surface area contributed by atoms with Crippen molar-refractivity contribution < 1.29 is 27.4 Å². The molecule has 0 N–H and O–H groups in total. The Balaban J connectivity index is 1.54. The topological polar surface area (TPSA) is 43.7 Å². The summed E-state index contributed by atoms with van der Waals surface area (Å²) in [6.45, 7) is 5.78. The second-order valence-electron chi connectivity index (χ2n) is 9.18. The van der Waals surface area contributed by atoms with E-state index in [9.17, 15) is 18.0 Å². The highest BCUT2D eigenvalue weighted by atomic mass is 35.5. The third kappa shape index (κ3) is 6.18. The Hall–Kier alpha value is -2.84. The van der Waals surface area contributed by atoms with Gasteiger partial charge in [-0.15, -0.1) is 13.2 Å². The number of carbonyl (C=O) groups excluding carboxylic acids is 1. The second-order valence-corrected chi connectivity index (χ2v) is 9.97. The first-order chi connectivity index (χ1) is 17.5. The van der Waals surface area contributed by atoms with Crippen LogP contribution in [0.4, 0.5) is 13.2 Å². The number of halogens is 5. The number of ether oxygens (including phenoxy) is 2. The van der Waals surface area contributed by atoms with Crippen molar-refractivity contribution in [3.63, 3.8) is 0 Å². The van der Waals surface area contributed by atoms with Crippen molar-refractivity contribution in [1.29, 1.82) is 0 Å². The van der Waals surface area contributed by atoms with E-state index in [2.05, 4.69) is 16.2 Å². The molecule has 4 rings (SSSR count). The van der Waals surface area contributed by atoms with Crippen LogP contribution in [-0.2, 0) is 23.0 Å². The first-order valence-electron chi connectivity index (χ1n) is 11.8. The fraction of sp³-hybridized carbons (Fsp3) is 0.370. The monoisotopic (exact) mass is 554 g/mol. The average Bonchev–Trinajstić information content (AvgIpc) is 3.15. The van der Waals surface area contributed by atoms with Crippen molar-refractivity contribution in [2.45, 2.75) is 32.0 Å². The van der Waals surface area contributed by atoms with Crippen LogP contribution in [0.2, 0.25) is 10.0 Å². The molecule has 5 nitrogen and oxygen atoms in total. The fourth-order valence-corrected chi connectivity index (χ4v) is 5.41. The van der Waals surface area contributed by atoms with E-state index in [1.807, 2.05) is 12.1 Å². The predicted molar refractivity (Wildman–Crippen MR) is 139 cm³/mol. The van der Waals surface area contributed by atoms with Crippen LogP contribution in [0.5, 0.6) is 5.75 Å². The maximum Gasteiger partial charge on any atom is 0.573 e. The third-order valence-corrected chi connectivity index (χ3v) is 7.67. The number of hydrogen-bond acceptors (Lipinski definition) is 4. The summed E-state index contributed by atoms with van der Waals surface area (Å²) in [5.74, 6) is -0.196. The first kappa shape index (κ1) is 27.2. The third-order valence-electron chi connectivity index (χ3n) is 6.88. The number of likely N-dealkylation sites (tertiary alicyclic amines) is 1. The van der Waals surface area contributed by atoms with Gasteiger partial charge in [0.1, 0.15) is 5.75 Å². The molecule has 1 saturated heterocycles.